The Morgan fingerprint density at radius 3 is 2.46 bits per heavy atom. The van der Waals surface area contributed by atoms with E-state index in [-0.39, 0.29) is 11.5 Å². The summed E-state index contributed by atoms with van der Waals surface area (Å²) in [5.74, 6) is 0.709. The van der Waals surface area contributed by atoms with Crippen molar-refractivity contribution in [3.63, 3.8) is 0 Å². The monoisotopic (exact) mass is 244 g/mol. The standard InChI is InChI=1S/C10H13BrO2/c1-6(2)5-7-3-4-8(12)9(11)10(7)13/h3-4,6,12-13H,5H2,1-2H3. The molecule has 0 spiro atoms. The van der Waals surface area contributed by atoms with Crippen molar-refractivity contribution in [2.75, 3.05) is 0 Å². The molecule has 1 rings (SSSR count). The average Bonchev–Trinajstić information content (AvgIpc) is 2.06. The lowest BCUT2D eigenvalue weighted by Crippen LogP contribution is -1.94. The number of hydrogen-bond acceptors (Lipinski definition) is 2. The van der Waals surface area contributed by atoms with Crippen LogP contribution >= 0.6 is 15.9 Å². The molecule has 0 aliphatic carbocycles. The van der Waals surface area contributed by atoms with Crippen LogP contribution in [-0.2, 0) is 6.42 Å². The molecule has 0 aromatic heterocycles. The molecular weight excluding hydrogens is 232 g/mol. The third-order valence-corrected chi connectivity index (χ3v) is 2.59. The largest absolute Gasteiger partial charge is 0.507 e. The lowest BCUT2D eigenvalue weighted by molar-refractivity contribution is 0.436. The molecule has 2 nitrogen and oxygen atoms in total. The minimum absolute atomic E-state index is 0.0741. The van der Waals surface area contributed by atoms with Gasteiger partial charge in [-0.2, -0.15) is 0 Å². The Morgan fingerprint density at radius 1 is 1.31 bits per heavy atom. The van der Waals surface area contributed by atoms with Gasteiger partial charge in [0.25, 0.3) is 0 Å². The molecule has 0 bridgehead atoms. The Balaban J connectivity index is 3.04. The van der Waals surface area contributed by atoms with Crippen molar-refractivity contribution in [3.8, 4) is 11.5 Å². The molecule has 3 heteroatoms. The normalized spacial score (nSPS) is 10.8. The van der Waals surface area contributed by atoms with Crippen LogP contribution in [-0.4, -0.2) is 10.2 Å². The Labute approximate surface area is 86.3 Å². The van der Waals surface area contributed by atoms with E-state index >= 15 is 0 Å². The summed E-state index contributed by atoms with van der Waals surface area (Å²) in [5.41, 5.74) is 0.861. The maximum atomic E-state index is 9.62. The molecule has 13 heavy (non-hydrogen) atoms. The Bertz CT molecular complexity index is 308. The number of rotatable bonds is 2. The number of benzene rings is 1. The van der Waals surface area contributed by atoms with E-state index in [1.807, 2.05) is 0 Å². The minimum atomic E-state index is 0.0741. The number of phenols is 2. The van der Waals surface area contributed by atoms with Crippen LogP contribution in [0.5, 0.6) is 11.5 Å². The van der Waals surface area contributed by atoms with Gasteiger partial charge in [-0.25, -0.2) is 0 Å². The van der Waals surface area contributed by atoms with Gasteiger partial charge in [-0.1, -0.05) is 19.9 Å². The van der Waals surface area contributed by atoms with Crippen LogP contribution in [0.4, 0.5) is 0 Å². The summed E-state index contributed by atoms with van der Waals surface area (Å²) in [4.78, 5) is 0. The van der Waals surface area contributed by atoms with Gasteiger partial charge in [0, 0.05) is 0 Å². The molecule has 0 amide bonds. The number of hydrogen-bond donors (Lipinski definition) is 2. The van der Waals surface area contributed by atoms with E-state index in [1.54, 1.807) is 12.1 Å². The van der Waals surface area contributed by atoms with Crippen LogP contribution in [0.15, 0.2) is 16.6 Å². The minimum Gasteiger partial charge on any atom is -0.507 e. The zero-order valence-electron chi connectivity index (χ0n) is 7.71. The van der Waals surface area contributed by atoms with E-state index in [4.69, 9.17) is 0 Å². The summed E-state index contributed by atoms with van der Waals surface area (Å²) in [6.07, 6.45) is 0.810. The summed E-state index contributed by atoms with van der Waals surface area (Å²) in [7, 11) is 0. The third-order valence-electron chi connectivity index (χ3n) is 1.81. The predicted octanol–water partition coefficient (Wildman–Crippen LogP) is 3.06. The number of aromatic hydroxyl groups is 2. The second kappa shape index (κ2) is 4.01. The summed E-state index contributed by atoms with van der Waals surface area (Å²) >= 11 is 3.12. The van der Waals surface area contributed by atoms with Crippen molar-refractivity contribution in [2.24, 2.45) is 5.92 Å². The highest BCUT2D eigenvalue weighted by Gasteiger charge is 2.10. The van der Waals surface area contributed by atoms with Crippen LogP contribution in [0, 0.1) is 5.92 Å². The van der Waals surface area contributed by atoms with E-state index in [0.29, 0.717) is 10.4 Å². The van der Waals surface area contributed by atoms with Crippen molar-refractivity contribution in [1.82, 2.24) is 0 Å². The first kappa shape index (κ1) is 10.4. The Hall–Kier alpha value is -0.700. The molecule has 72 valence electrons. The summed E-state index contributed by atoms with van der Waals surface area (Å²) < 4.78 is 0.380. The number of phenolic OH excluding ortho intramolecular Hbond substituents is 2. The van der Waals surface area contributed by atoms with Gasteiger partial charge in [0.1, 0.15) is 16.0 Å². The quantitative estimate of drug-likeness (QED) is 0.840. The first-order chi connectivity index (χ1) is 6.02. The van der Waals surface area contributed by atoms with Crippen molar-refractivity contribution in [2.45, 2.75) is 20.3 Å². The average molecular weight is 245 g/mol. The molecule has 0 heterocycles. The smallest absolute Gasteiger partial charge is 0.136 e. The van der Waals surface area contributed by atoms with Gasteiger partial charge >= 0.3 is 0 Å². The second-order valence-corrected chi connectivity index (χ2v) is 4.30. The molecule has 0 radical (unpaired) electrons. The van der Waals surface area contributed by atoms with E-state index < -0.39 is 0 Å². The van der Waals surface area contributed by atoms with Crippen LogP contribution < -0.4 is 0 Å². The predicted molar refractivity (Wildman–Crippen MR) is 56.0 cm³/mol. The summed E-state index contributed by atoms with van der Waals surface area (Å²) in [6, 6.07) is 3.33. The molecule has 0 aliphatic rings. The van der Waals surface area contributed by atoms with E-state index in [2.05, 4.69) is 29.8 Å². The van der Waals surface area contributed by atoms with Crippen molar-refractivity contribution >= 4 is 15.9 Å². The molecule has 0 atom stereocenters. The maximum absolute atomic E-state index is 9.62. The van der Waals surface area contributed by atoms with Crippen molar-refractivity contribution < 1.29 is 10.2 Å². The SMILES string of the molecule is CC(C)Cc1ccc(O)c(Br)c1O. The van der Waals surface area contributed by atoms with Gasteiger partial charge in [0.2, 0.25) is 0 Å². The van der Waals surface area contributed by atoms with E-state index in [0.717, 1.165) is 12.0 Å². The highest BCUT2D eigenvalue weighted by molar-refractivity contribution is 9.10. The summed E-state index contributed by atoms with van der Waals surface area (Å²) in [6.45, 7) is 4.17. The van der Waals surface area contributed by atoms with Gasteiger partial charge in [-0.15, -0.1) is 0 Å². The molecule has 0 saturated carbocycles. The molecule has 1 aromatic carbocycles. The molecule has 0 fully saturated rings. The van der Waals surface area contributed by atoms with Crippen molar-refractivity contribution in [3.05, 3.63) is 22.2 Å². The van der Waals surface area contributed by atoms with Gasteiger partial charge in [-0.3, -0.25) is 0 Å². The molecular formula is C10H13BrO2. The fraction of sp³-hybridized carbons (Fsp3) is 0.400. The van der Waals surface area contributed by atoms with Crippen LogP contribution in [0.1, 0.15) is 19.4 Å². The molecule has 1 aromatic rings. The highest BCUT2D eigenvalue weighted by Crippen LogP contribution is 2.36. The molecule has 0 aliphatic heterocycles. The van der Waals surface area contributed by atoms with Gasteiger partial charge in [0.15, 0.2) is 0 Å². The first-order valence-electron chi connectivity index (χ1n) is 4.21. The zero-order valence-corrected chi connectivity index (χ0v) is 9.30. The Morgan fingerprint density at radius 2 is 1.92 bits per heavy atom. The third kappa shape index (κ3) is 2.37. The van der Waals surface area contributed by atoms with Crippen LogP contribution in [0.3, 0.4) is 0 Å². The summed E-state index contributed by atoms with van der Waals surface area (Å²) in [5, 5.41) is 18.9. The van der Waals surface area contributed by atoms with Crippen molar-refractivity contribution in [1.29, 1.82) is 0 Å². The lowest BCUT2D eigenvalue weighted by atomic mass is 10.0. The lowest BCUT2D eigenvalue weighted by Gasteiger charge is -2.09. The van der Waals surface area contributed by atoms with Gasteiger partial charge in [-0.05, 0) is 39.9 Å². The highest BCUT2D eigenvalue weighted by atomic mass is 79.9. The fourth-order valence-corrected chi connectivity index (χ4v) is 1.59. The Kier molecular flexibility index (Phi) is 3.20. The van der Waals surface area contributed by atoms with E-state index in [9.17, 15) is 10.2 Å². The molecule has 0 saturated heterocycles. The van der Waals surface area contributed by atoms with Crippen LogP contribution in [0.25, 0.3) is 0 Å². The number of halogens is 1. The molecule has 0 unspecified atom stereocenters. The van der Waals surface area contributed by atoms with Gasteiger partial charge < -0.3 is 10.2 Å². The first-order valence-corrected chi connectivity index (χ1v) is 5.01. The van der Waals surface area contributed by atoms with Crippen LogP contribution in [0.2, 0.25) is 0 Å². The fourth-order valence-electron chi connectivity index (χ4n) is 1.20. The zero-order chi connectivity index (χ0) is 10.0. The second-order valence-electron chi connectivity index (χ2n) is 3.50. The topological polar surface area (TPSA) is 40.5 Å². The molecule has 2 N–H and O–H groups in total. The maximum Gasteiger partial charge on any atom is 0.136 e. The van der Waals surface area contributed by atoms with Gasteiger partial charge in [0.05, 0.1) is 0 Å². The van der Waals surface area contributed by atoms with E-state index in [1.165, 1.54) is 0 Å².